The first-order valence-corrected chi connectivity index (χ1v) is 6.01. The molecule has 90 valence electrons. The molecule has 1 fully saturated rings. The van der Waals surface area contributed by atoms with Crippen molar-refractivity contribution in [3.63, 3.8) is 0 Å². The highest BCUT2D eigenvalue weighted by Crippen LogP contribution is 2.28. The number of aliphatic hydroxyl groups is 1. The van der Waals surface area contributed by atoms with Crippen molar-refractivity contribution in [1.82, 2.24) is 15.1 Å². The summed E-state index contributed by atoms with van der Waals surface area (Å²) >= 11 is 0. The zero-order valence-corrected chi connectivity index (χ0v) is 10.2. The SMILES string of the molecule is Cc1c(CNCC2(O)CCCC2)cnn1C. The number of hydrogen-bond donors (Lipinski definition) is 2. The number of rotatable bonds is 4. The van der Waals surface area contributed by atoms with E-state index in [1.807, 2.05) is 17.9 Å². The Morgan fingerprint density at radius 3 is 2.75 bits per heavy atom. The summed E-state index contributed by atoms with van der Waals surface area (Å²) in [6.07, 6.45) is 6.08. The maximum absolute atomic E-state index is 10.2. The first kappa shape index (κ1) is 11.6. The summed E-state index contributed by atoms with van der Waals surface area (Å²) in [5, 5.41) is 17.7. The van der Waals surface area contributed by atoms with Crippen LogP contribution in [0.25, 0.3) is 0 Å². The summed E-state index contributed by atoms with van der Waals surface area (Å²) < 4.78 is 1.88. The van der Waals surface area contributed by atoms with Gasteiger partial charge in [0.15, 0.2) is 0 Å². The average Bonchev–Trinajstić information content (AvgIpc) is 2.80. The first-order chi connectivity index (χ1) is 7.61. The maximum atomic E-state index is 10.2. The van der Waals surface area contributed by atoms with Crippen molar-refractivity contribution >= 4 is 0 Å². The van der Waals surface area contributed by atoms with Gasteiger partial charge in [0.05, 0.1) is 11.8 Å². The molecule has 0 aromatic carbocycles. The Kier molecular flexibility index (Phi) is 3.30. The van der Waals surface area contributed by atoms with Crippen LogP contribution < -0.4 is 5.32 Å². The Hall–Kier alpha value is -0.870. The van der Waals surface area contributed by atoms with Gasteiger partial charge in [0.2, 0.25) is 0 Å². The summed E-state index contributed by atoms with van der Waals surface area (Å²) in [6, 6.07) is 0. The predicted molar refractivity (Wildman–Crippen MR) is 63.1 cm³/mol. The van der Waals surface area contributed by atoms with Gasteiger partial charge in [0.1, 0.15) is 0 Å². The smallest absolute Gasteiger partial charge is 0.0771 e. The van der Waals surface area contributed by atoms with E-state index in [0.29, 0.717) is 6.54 Å². The molecule has 4 heteroatoms. The van der Waals surface area contributed by atoms with Gasteiger partial charge in [-0.15, -0.1) is 0 Å². The van der Waals surface area contributed by atoms with Gasteiger partial charge in [-0.25, -0.2) is 0 Å². The lowest BCUT2D eigenvalue weighted by Gasteiger charge is -2.22. The third-order valence-corrected chi connectivity index (χ3v) is 3.64. The van der Waals surface area contributed by atoms with E-state index in [2.05, 4.69) is 17.3 Å². The van der Waals surface area contributed by atoms with E-state index >= 15 is 0 Å². The molecule has 1 aliphatic carbocycles. The van der Waals surface area contributed by atoms with Crippen LogP contribution >= 0.6 is 0 Å². The minimum absolute atomic E-state index is 0.462. The quantitative estimate of drug-likeness (QED) is 0.804. The standard InChI is InChI=1S/C12H21N3O/c1-10-11(8-14-15(10)2)7-13-9-12(16)5-3-4-6-12/h8,13,16H,3-7,9H2,1-2H3. The van der Waals surface area contributed by atoms with Crippen LogP contribution in [0, 0.1) is 6.92 Å². The van der Waals surface area contributed by atoms with Gasteiger partial charge in [-0.1, -0.05) is 12.8 Å². The molecule has 1 heterocycles. The Bertz CT molecular complexity index is 353. The lowest BCUT2D eigenvalue weighted by atomic mass is 10.0. The van der Waals surface area contributed by atoms with Gasteiger partial charge in [0, 0.05) is 31.4 Å². The molecular weight excluding hydrogens is 202 g/mol. The van der Waals surface area contributed by atoms with Crippen molar-refractivity contribution in [2.75, 3.05) is 6.54 Å². The monoisotopic (exact) mass is 223 g/mol. The molecule has 0 spiro atoms. The van der Waals surface area contributed by atoms with Crippen LogP contribution in [0.4, 0.5) is 0 Å². The van der Waals surface area contributed by atoms with E-state index in [0.717, 1.165) is 32.2 Å². The number of hydrogen-bond acceptors (Lipinski definition) is 3. The molecular formula is C12H21N3O. The number of aromatic nitrogens is 2. The summed E-state index contributed by atoms with van der Waals surface area (Å²) in [5.41, 5.74) is 1.94. The highest BCUT2D eigenvalue weighted by molar-refractivity contribution is 5.15. The molecule has 16 heavy (non-hydrogen) atoms. The molecule has 0 atom stereocenters. The summed E-state index contributed by atoms with van der Waals surface area (Å²) in [4.78, 5) is 0. The van der Waals surface area contributed by atoms with Crippen LogP contribution in [-0.2, 0) is 13.6 Å². The molecule has 2 N–H and O–H groups in total. The molecule has 0 bridgehead atoms. The van der Waals surface area contributed by atoms with E-state index in [4.69, 9.17) is 0 Å². The summed E-state index contributed by atoms with van der Waals surface area (Å²) in [6.45, 7) is 3.55. The first-order valence-electron chi connectivity index (χ1n) is 6.01. The zero-order chi connectivity index (χ0) is 11.6. The van der Waals surface area contributed by atoms with Crippen molar-refractivity contribution in [3.05, 3.63) is 17.5 Å². The molecule has 4 nitrogen and oxygen atoms in total. The van der Waals surface area contributed by atoms with Gasteiger partial charge in [-0.05, 0) is 19.8 Å². The third-order valence-electron chi connectivity index (χ3n) is 3.64. The van der Waals surface area contributed by atoms with Crippen LogP contribution in [0.2, 0.25) is 0 Å². The second-order valence-corrected chi connectivity index (χ2v) is 4.91. The van der Waals surface area contributed by atoms with Crippen molar-refractivity contribution in [2.24, 2.45) is 7.05 Å². The van der Waals surface area contributed by atoms with Gasteiger partial charge >= 0.3 is 0 Å². The number of nitrogens with zero attached hydrogens (tertiary/aromatic N) is 2. The van der Waals surface area contributed by atoms with E-state index in [1.54, 1.807) is 0 Å². The summed E-state index contributed by atoms with van der Waals surface area (Å²) in [5.74, 6) is 0. The van der Waals surface area contributed by atoms with Gasteiger partial charge in [-0.2, -0.15) is 5.10 Å². The van der Waals surface area contributed by atoms with Crippen LogP contribution in [0.1, 0.15) is 36.9 Å². The van der Waals surface area contributed by atoms with E-state index in [9.17, 15) is 5.11 Å². The van der Waals surface area contributed by atoms with Crippen molar-refractivity contribution < 1.29 is 5.11 Å². The number of aryl methyl sites for hydroxylation is 1. The average molecular weight is 223 g/mol. The fraction of sp³-hybridized carbons (Fsp3) is 0.750. The normalized spacial score (nSPS) is 19.2. The zero-order valence-electron chi connectivity index (χ0n) is 10.2. The number of nitrogens with one attached hydrogen (secondary N) is 1. The Morgan fingerprint density at radius 1 is 1.50 bits per heavy atom. The lowest BCUT2D eigenvalue weighted by Crippen LogP contribution is -2.37. The molecule has 0 aliphatic heterocycles. The molecule has 0 amide bonds. The van der Waals surface area contributed by atoms with Crippen molar-refractivity contribution in [3.8, 4) is 0 Å². The molecule has 1 aromatic heterocycles. The van der Waals surface area contributed by atoms with Crippen LogP contribution in [0.5, 0.6) is 0 Å². The highest BCUT2D eigenvalue weighted by Gasteiger charge is 2.30. The van der Waals surface area contributed by atoms with Gasteiger partial charge < -0.3 is 10.4 Å². The molecule has 1 saturated carbocycles. The van der Waals surface area contributed by atoms with Crippen molar-refractivity contribution in [2.45, 2.75) is 44.8 Å². The van der Waals surface area contributed by atoms with Crippen LogP contribution in [0.15, 0.2) is 6.20 Å². The Labute approximate surface area is 96.7 Å². The van der Waals surface area contributed by atoms with Gasteiger partial charge in [0.25, 0.3) is 0 Å². The topological polar surface area (TPSA) is 50.1 Å². The Morgan fingerprint density at radius 2 is 2.19 bits per heavy atom. The Balaban J connectivity index is 1.82. The summed E-state index contributed by atoms with van der Waals surface area (Å²) in [7, 11) is 1.95. The molecule has 0 radical (unpaired) electrons. The molecule has 1 aliphatic rings. The van der Waals surface area contributed by atoms with Crippen LogP contribution in [-0.4, -0.2) is 27.0 Å². The third kappa shape index (κ3) is 2.44. The predicted octanol–water partition coefficient (Wildman–Crippen LogP) is 1.12. The largest absolute Gasteiger partial charge is 0.389 e. The molecule has 0 saturated heterocycles. The van der Waals surface area contributed by atoms with Crippen LogP contribution in [0.3, 0.4) is 0 Å². The maximum Gasteiger partial charge on any atom is 0.0771 e. The molecule has 2 rings (SSSR count). The second kappa shape index (κ2) is 4.55. The minimum Gasteiger partial charge on any atom is -0.389 e. The van der Waals surface area contributed by atoms with E-state index in [-0.39, 0.29) is 0 Å². The fourth-order valence-electron chi connectivity index (χ4n) is 2.36. The minimum atomic E-state index is -0.462. The van der Waals surface area contributed by atoms with E-state index in [1.165, 1.54) is 11.3 Å². The molecule has 1 aromatic rings. The lowest BCUT2D eigenvalue weighted by molar-refractivity contribution is 0.0474. The van der Waals surface area contributed by atoms with Gasteiger partial charge in [-0.3, -0.25) is 4.68 Å². The fourth-order valence-corrected chi connectivity index (χ4v) is 2.36. The highest BCUT2D eigenvalue weighted by atomic mass is 16.3. The second-order valence-electron chi connectivity index (χ2n) is 4.91. The van der Waals surface area contributed by atoms with Crippen molar-refractivity contribution in [1.29, 1.82) is 0 Å². The molecule has 0 unspecified atom stereocenters. The van der Waals surface area contributed by atoms with E-state index < -0.39 is 5.60 Å².